The lowest BCUT2D eigenvalue weighted by Crippen LogP contribution is -2.36. The number of hydrogen-bond acceptors (Lipinski definition) is 2. The van der Waals surface area contributed by atoms with E-state index in [0.29, 0.717) is 5.92 Å². The SMILES string of the molecule is CC(c1ccc(S(C)=O)cc1)N(C)C(=O)C1CCC(c2ccccc2)CC1. The van der Waals surface area contributed by atoms with E-state index in [1.165, 1.54) is 5.56 Å². The van der Waals surface area contributed by atoms with Crippen LogP contribution in [0.25, 0.3) is 0 Å². The minimum atomic E-state index is -0.974. The summed E-state index contributed by atoms with van der Waals surface area (Å²) in [5.74, 6) is 0.956. The maximum atomic E-state index is 13.0. The Morgan fingerprint density at radius 1 is 1.00 bits per heavy atom. The van der Waals surface area contributed by atoms with Crippen LogP contribution in [-0.4, -0.2) is 28.3 Å². The van der Waals surface area contributed by atoms with Crippen LogP contribution < -0.4 is 0 Å². The highest BCUT2D eigenvalue weighted by atomic mass is 32.2. The maximum Gasteiger partial charge on any atom is 0.225 e. The van der Waals surface area contributed by atoms with Gasteiger partial charge in [0.2, 0.25) is 5.91 Å². The van der Waals surface area contributed by atoms with Crippen molar-refractivity contribution >= 4 is 16.7 Å². The fourth-order valence-corrected chi connectivity index (χ4v) is 4.56. The van der Waals surface area contributed by atoms with E-state index in [1.807, 2.05) is 36.2 Å². The normalized spacial score (nSPS) is 22.0. The molecule has 144 valence electrons. The quantitative estimate of drug-likeness (QED) is 0.735. The summed E-state index contributed by atoms with van der Waals surface area (Å²) in [5, 5.41) is 0. The molecule has 0 N–H and O–H groups in total. The second-order valence-electron chi connectivity index (χ2n) is 7.61. The third-order valence-corrected chi connectivity index (χ3v) is 6.91. The number of carbonyl (C=O) groups is 1. The van der Waals surface area contributed by atoms with Crippen LogP contribution in [0.15, 0.2) is 59.5 Å². The lowest BCUT2D eigenvalue weighted by Gasteiger charge is -2.33. The van der Waals surface area contributed by atoms with Gasteiger partial charge in [-0.3, -0.25) is 9.00 Å². The summed E-state index contributed by atoms with van der Waals surface area (Å²) in [6, 6.07) is 18.4. The van der Waals surface area contributed by atoms with Gasteiger partial charge in [0.25, 0.3) is 0 Å². The van der Waals surface area contributed by atoms with Gasteiger partial charge in [0.15, 0.2) is 0 Å². The fraction of sp³-hybridized carbons (Fsp3) is 0.435. The van der Waals surface area contributed by atoms with Crippen molar-refractivity contribution in [2.45, 2.75) is 49.5 Å². The molecule has 2 aromatic carbocycles. The van der Waals surface area contributed by atoms with Crippen molar-refractivity contribution in [3.05, 3.63) is 65.7 Å². The smallest absolute Gasteiger partial charge is 0.225 e. The first-order valence-electron chi connectivity index (χ1n) is 9.72. The largest absolute Gasteiger partial charge is 0.339 e. The molecule has 3 nitrogen and oxygen atoms in total. The Labute approximate surface area is 165 Å². The standard InChI is InChI=1S/C23H29NO2S/c1-17(18-13-15-22(16-14-18)27(3)26)24(2)23(25)21-11-9-20(10-12-21)19-7-5-4-6-8-19/h4-8,13-17,20-21H,9-12H2,1-3H3. The van der Waals surface area contributed by atoms with Gasteiger partial charge in [0.1, 0.15) is 0 Å². The molecule has 2 aromatic rings. The maximum absolute atomic E-state index is 13.0. The second kappa shape index (κ2) is 8.83. The summed E-state index contributed by atoms with van der Waals surface area (Å²) in [6.07, 6.45) is 5.77. The third-order valence-electron chi connectivity index (χ3n) is 5.97. The van der Waals surface area contributed by atoms with Gasteiger partial charge in [-0.25, -0.2) is 0 Å². The molecule has 2 unspecified atom stereocenters. The Kier molecular flexibility index (Phi) is 6.48. The molecular formula is C23H29NO2S. The van der Waals surface area contributed by atoms with Crippen LogP contribution >= 0.6 is 0 Å². The van der Waals surface area contributed by atoms with E-state index in [9.17, 15) is 9.00 Å². The van der Waals surface area contributed by atoms with E-state index in [2.05, 4.69) is 37.3 Å². The monoisotopic (exact) mass is 383 g/mol. The van der Waals surface area contributed by atoms with Crippen LogP contribution in [-0.2, 0) is 15.6 Å². The summed E-state index contributed by atoms with van der Waals surface area (Å²) in [7, 11) is 0.931. The molecule has 1 saturated carbocycles. The topological polar surface area (TPSA) is 37.4 Å². The van der Waals surface area contributed by atoms with Gasteiger partial charge in [-0.15, -0.1) is 0 Å². The van der Waals surface area contributed by atoms with Gasteiger partial charge >= 0.3 is 0 Å². The first kappa shape index (κ1) is 19.8. The highest BCUT2D eigenvalue weighted by Crippen LogP contribution is 2.37. The van der Waals surface area contributed by atoms with E-state index >= 15 is 0 Å². The van der Waals surface area contributed by atoms with Crippen molar-refractivity contribution in [3.63, 3.8) is 0 Å². The number of rotatable bonds is 5. The first-order valence-corrected chi connectivity index (χ1v) is 11.3. The lowest BCUT2D eigenvalue weighted by molar-refractivity contribution is -0.137. The molecule has 0 radical (unpaired) electrons. The van der Waals surface area contributed by atoms with Crippen LogP contribution in [0.1, 0.15) is 55.7 Å². The van der Waals surface area contributed by atoms with Crippen molar-refractivity contribution in [2.24, 2.45) is 5.92 Å². The van der Waals surface area contributed by atoms with Crippen molar-refractivity contribution in [3.8, 4) is 0 Å². The lowest BCUT2D eigenvalue weighted by atomic mass is 9.78. The summed E-state index contributed by atoms with van der Waals surface area (Å²) in [5.41, 5.74) is 2.48. The van der Waals surface area contributed by atoms with E-state index in [4.69, 9.17) is 0 Å². The van der Waals surface area contributed by atoms with E-state index in [1.54, 1.807) is 6.26 Å². The van der Waals surface area contributed by atoms with Gasteiger partial charge in [-0.2, -0.15) is 0 Å². The minimum Gasteiger partial charge on any atom is -0.339 e. The number of nitrogens with zero attached hydrogens (tertiary/aromatic N) is 1. The third kappa shape index (κ3) is 4.67. The average molecular weight is 384 g/mol. The van der Waals surface area contributed by atoms with Crippen molar-refractivity contribution in [1.82, 2.24) is 4.90 Å². The first-order chi connectivity index (χ1) is 13.0. The Bertz CT molecular complexity index is 780. The summed E-state index contributed by atoms with van der Waals surface area (Å²) in [6.45, 7) is 2.06. The molecule has 3 rings (SSSR count). The molecule has 4 heteroatoms. The molecule has 1 aliphatic carbocycles. The molecule has 1 amide bonds. The molecule has 0 bridgehead atoms. The summed E-state index contributed by atoms with van der Waals surface area (Å²) in [4.78, 5) is 15.7. The zero-order chi connectivity index (χ0) is 19.4. The molecule has 27 heavy (non-hydrogen) atoms. The molecule has 2 atom stereocenters. The van der Waals surface area contributed by atoms with Gasteiger partial charge in [-0.1, -0.05) is 42.5 Å². The van der Waals surface area contributed by atoms with Gasteiger partial charge in [-0.05, 0) is 61.8 Å². The Hall–Kier alpha value is -1.94. The summed E-state index contributed by atoms with van der Waals surface area (Å²) >= 11 is 0. The highest BCUT2D eigenvalue weighted by Gasteiger charge is 2.30. The fourth-order valence-electron chi connectivity index (χ4n) is 4.04. The molecule has 0 heterocycles. The number of carbonyl (C=O) groups excluding carboxylic acids is 1. The number of benzene rings is 2. The van der Waals surface area contributed by atoms with E-state index in [-0.39, 0.29) is 17.9 Å². The van der Waals surface area contributed by atoms with Crippen molar-refractivity contribution in [2.75, 3.05) is 13.3 Å². The number of hydrogen-bond donors (Lipinski definition) is 0. The van der Waals surface area contributed by atoms with Crippen LogP contribution in [0, 0.1) is 5.92 Å². The number of amides is 1. The molecule has 0 aromatic heterocycles. The van der Waals surface area contributed by atoms with Crippen LogP contribution in [0.4, 0.5) is 0 Å². The minimum absolute atomic E-state index is 0.0173. The van der Waals surface area contributed by atoms with Crippen LogP contribution in [0.5, 0.6) is 0 Å². The predicted octanol–water partition coefficient (Wildman–Crippen LogP) is 4.92. The molecule has 0 aliphatic heterocycles. The highest BCUT2D eigenvalue weighted by molar-refractivity contribution is 7.84. The van der Waals surface area contributed by atoms with Crippen molar-refractivity contribution < 1.29 is 9.00 Å². The van der Waals surface area contributed by atoms with E-state index in [0.717, 1.165) is 36.1 Å². The van der Waals surface area contributed by atoms with Crippen LogP contribution in [0.3, 0.4) is 0 Å². The molecule has 0 spiro atoms. The van der Waals surface area contributed by atoms with Crippen molar-refractivity contribution in [1.29, 1.82) is 0 Å². The van der Waals surface area contributed by atoms with E-state index < -0.39 is 10.8 Å². The average Bonchev–Trinajstić information content (AvgIpc) is 2.73. The van der Waals surface area contributed by atoms with Gasteiger partial charge < -0.3 is 4.90 Å². The second-order valence-corrected chi connectivity index (χ2v) is 8.99. The Balaban J connectivity index is 1.59. The molecular weight excluding hydrogens is 354 g/mol. The molecule has 0 saturated heterocycles. The van der Waals surface area contributed by atoms with Gasteiger partial charge in [0, 0.05) is 34.9 Å². The van der Waals surface area contributed by atoms with Crippen LogP contribution in [0.2, 0.25) is 0 Å². The Morgan fingerprint density at radius 3 is 2.15 bits per heavy atom. The zero-order valence-electron chi connectivity index (χ0n) is 16.4. The molecule has 1 aliphatic rings. The molecule has 1 fully saturated rings. The zero-order valence-corrected chi connectivity index (χ0v) is 17.2. The summed E-state index contributed by atoms with van der Waals surface area (Å²) < 4.78 is 11.6. The predicted molar refractivity (Wildman–Crippen MR) is 111 cm³/mol. The Morgan fingerprint density at radius 2 is 1.59 bits per heavy atom. The van der Waals surface area contributed by atoms with Gasteiger partial charge in [0.05, 0.1) is 6.04 Å².